The van der Waals surface area contributed by atoms with Crippen LogP contribution in [0.15, 0.2) is 18.2 Å². The van der Waals surface area contributed by atoms with Gasteiger partial charge in [0.15, 0.2) is 0 Å². The van der Waals surface area contributed by atoms with Crippen molar-refractivity contribution in [2.75, 3.05) is 33.2 Å². The molecular formula is C18H26N2O. The third kappa shape index (κ3) is 2.84. The first-order valence-corrected chi connectivity index (χ1v) is 8.04. The number of amides is 1. The van der Waals surface area contributed by atoms with E-state index in [-0.39, 0.29) is 5.91 Å². The molecule has 3 nitrogen and oxygen atoms in total. The van der Waals surface area contributed by atoms with E-state index in [0.29, 0.717) is 5.41 Å². The van der Waals surface area contributed by atoms with Gasteiger partial charge in [-0.1, -0.05) is 17.7 Å². The summed E-state index contributed by atoms with van der Waals surface area (Å²) in [6.07, 6.45) is 3.65. The number of benzene rings is 1. The van der Waals surface area contributed by atoms with Gasteiger partial charge in [0.2, 0.25) is 0 Å². The average molecular weight is 286 g/mol. The molecule has 0 aliphatic carbocycles. The van der Waals surface area contributed by atoms with Crippen molar-refractivity contribution in [3.8, 4) is 0 Å². The van der Waals surface area contributed by atoms with Crippen molar-refractivity contribution < 1.29 is 4.79 Å². The standard InChI is InChI=1S/C18H26N2O/c1-14-4-5-16(15(2)12-14)17(21)20-11-8-18(13-20)6-9-19(3)10-7-18/h4-5,12H,6-11,13H2,1-3H3. The number of carbonyl (C=O) groups is 1. The molecule has 0 aromatic heterocycles. The zero-order chi connectivity index (χ0) is 15.0. The Morgan fingerprint density at radius 1 is 1.10 bits per heavy atom. The van der Waals surface area contributed by atoms with Crippen molar-refractivity contribution in [2.45, 2.75) is 33.1 Å². The van der Waals surface area contributed by atoms with Crippen LogP contribution in [-0.4, -0.2) is 48.9 Å². The highest BCUT2D eigenvalue weighted by atomic mass is 16.2. The lowest BCUT2D eigenvalue weighted by Gasteiger charge is -2.37. The lowest BCUT2D eigenvalue weighted by molar-refractivity contribution is 0.0736. The van der Waals surface area contributed by atoms with E-state index in [0.717, 1.165) is 24.2 Å². The molecule has 0 N–H and O–H groups in total. The number of hydrogen-bond donors (Lipinski definition) is 0. The SMILES string of the molecule is Cc1ccc(C(=O)N2CCC3(CCN(C)CC3)C2)c(C)c1. The second-order valence-electron chi connectivity index (χ2n) is 7.10. The smallest absolute Gasteiger partial charge is 0.254 e. The van der Waals surface area contributed by atoms with E-state index in [1.807, 2.05) is 19.1 Å². The van der Waals surface area contributed by atoms with Crippen LogP contribution >= 0.6 is 0 Å². The van der Waals surface area contributed by atoms with Gasteiger partial charge in [0.1, 0.15) is 0 Å². The Hall–Kier alpha value is -1.35. The molecular weight excluding hydrogens is 260 g/mol. The Balaban J connectivity index is 1.72. The highest BCUT2D eigenvalue weighted by molar-refractivity contribution is 5.95. The summed E-state index contributed by atoms with van der Waals surface area (Å²) in [5.41, 5.74) is 3.59. The molecule has 1 aromatic rings. The third-order valence-electron chi connectivity index (χ3n) is 5.39. The molecule has 0 radical (unpaired) electrons. The zero-order valence-corrected chi connectivity index (χ0v) is 13.5. The van der Waals surface area contributed by atoms with Gasteiger partial charge in [-0.25, -0.2) is 0 Å². The summed E-state index contributed by atoms with van der Waals surface area (Å²) in [7, 11) is 2.19. The highest BCUT2D eigenvalue weighted by Crippen LogP contribution is 2.40. The molecule has 1 spiro atoms. The molecule has 114 valence electrons. The Bertz CT molecular complexity index is 544. The van der Waals surface area contributed by atoms with Crippen LogP contribution < -0.4 is 0 Å². The van der Waals surface area contributed by atoms with E-state index in [1.165, 1.54) is 37.9 Å². The fourth-order valence-electron chi connectivity index (χ4n) is 3.83. The molecule has 21 heavy (non-hydrogen) atoms. The molecule has 2 fully saturated rings. The van der Waals surface area contributed by atoms with Gasteiger partial charge in [-0.05, 0) is 70.3 Å². The van der Waals surface area contributed by atoms with Crippen LogP contribution in [0.2, 0.25) is 0 Å². The normalized spacial score (nSPS) is 22.0. The Morgan fingerprint density at radius 2 is 1.76 bits per heavy atom. The average Bonchev–Trinajstić information content (AvgIpc) is 2.86. The van der Waals surface area contributed by atoms with E-state index < -0.39 is 0 Å². The molecule has 2 aliphatic rings. The summed E-state index contributed by atoms with van der Waals surface area (Å²) in [4.78, 5) is 17.3. The van der Waals surface area contributed by atoms with Gasteiger partial charge < -0.3 is 9.80 Å². The van der Waals surface area contributed by atoms with Crippen molar-refractivity contribution >= 4 is 5.91 Å². The maximum atomic E-state index is 12.8. The number of carbonyl (C=O) groups excluding carboxylic acids is 1. The van der Waals surface area contributed by atoms with Gasteiger partial charge in [0.05, 0.1) is 0 Å². The first-order chi connectivity index (χ1) is 9.99. The molecule has 2 heterocycles. The fraction of sp³-hybridized carbons (Fsp3) is 0.611. The van der Waals surface area contributed by atoms with Crippen LogP contribution in [0.25, 0.3) is 0 Å². The van der Waals surface area contributed by atoms with Gasteiger partial charge in [-0.3, -0.25) is 4.79 Å². The fourth-order valence-corrected chi connectivity index (χ4v) is 3.83. The highest BCUT2D eigenvalue weighted by Gasteiger charge is 2.41. The number of rotatable bonds is 1. The maximum Gasteiger partial charge on any atom is 0.254 e. The zero-order valence-electron chi connectivity index (χ0n) is 13.5. The van der Waals surface area contributed by atoms with Gasteiger partial charge in [0.25, 0.3) is 5.91 Å². The molecule has 1 aromatic carbocycles. The minimum atomic E-state index is 0.225. The number of hydrogen-bond acceptors (Lipinski definition) is 2. The molecule has 0 atom stereocenters. The van der Waals surface area contributed by atoms with Crippen molar-refractivity contribution in [2.24, 2.45) is 5.41 Å². The second-order valence-corrected chi connectivity index (χ2v) is 7.10. The summed E-state index contributed by atoms with van der Waals surface area (Å²) in [6.45, 7) is 8.34. The minimum Gasteiger partial charge on any atom is -0.338 e. The van der Waals surface area contributed by atoms with Crippen molar-refractivity contribution in [1.29, 1.82) is 0 Å². The van der Waals surface area contributed by atoms with Crippen LogP contribution in [0.3, 0.4) is 0 Å². The predicted molar refractivity (Wildman–Crippen MR) is 85.6 cm³/mol. The number of piperidine rings is 1. The van der Waals surface area contributed by atoms with Crippen molar-refractivity contribution in [1.82, 2.24) is 9.80 Å². The molecule has 0 bridgehead atoms. The molecule has 3 rings (SSSR count). The lowest BCUT2D eigenvalue weighted by Crippen LogP contribution is -2.40. The number of likely N-dealkylation sites (tertiary alicyclic amines) is 2. The van der Waals surface area contributed by atoms with E-state index in [2.05, 4.69) is 29.8 Å². The second kappa shape index (κ2) is 5.45. The molecule has 1 amide bonds. The summed E-state index contributed by atoms with van der Waals surface area (Å²) < 4.78 is 0. The summed E-state index contributed by atoms with van der Waals surface area (Å²) in [5.74, 6) is 0.225. The van der Waals surface area contributed by atoms with Gasteiger partial charge in [-0.2, -0.15) is 0 Å². The molecule has 2 aliphatic heterocycles. The number of nitrogens with zero attached hydrogens (tertiary/aromatic N) is 2. The van der Waals surface area contributed by atoms with E-state index in [4.69, 9.17) is 0 Å². The Labute approximate surface area is 127 Å². The monoisotopic (exact) mass is 286 g/mol. The van der Waals surface area contributed by atoms with Gasteiger partial charge in [0, 0.05) is 18.7 Å². The summed E-state index contributed by atoms with van der Waals surface area (Å²) in [5, 5.41) is 0. The van der Waals surface area contributed by atoms with Crippen molar-refractivity contribution in [3.63, 3.8) is 0 Å². The molecule has 2 saturated heterocycles. The van der Waals surface area contributed by atoms with Crippen LogP contribution in [0.1, 0.15) is 40.7 Å². The topological polar surface area (TPSA) is 23.6 Å². The van der Waals surface area contributed by atoms with Gasteiger partial charge >= 0.3 is 0 Å². The van der Waals surface area contributed by atoms with Crippen LogP contribution in [0, 0.1) is 19.3 Å². The first-order valence-electron chi connectivity index (χ1n) is 8.04. The van der Waals surface area contributed by atoms with Crippen LogP contribution in [-0.2, 0) is 0 Å². The Morgan fingerprint density at radius 3 is 2.43 bits per heavy atom. The van der Waals surface area contributed by atoms with Crippen molar-refractivity contribution in [3.05, 3.63) is 34.9 Å². The van der Waals surface area contributed by atoms with Crippen LogP contribution in [0.4, 0.5) is 0 Å². The first kappa shape index (κ1) is 14.6. The molecule has 0 saturated carbocycles. The quantitative estimate of drug-likeness (QED) is 0.792. The lowest BCUT2D eigenvalue weighted by atomic mass is 9.78. The van der Waals surface area contributed by atoms with Gasteiger partial charge in [-0.15, -0.1) is 0 Å². The predicted octanol–water partition coefficient (Wildman–Crippen LogP) is 2.86. The maximum absolute atomic E-state index is 12.8. The Kier molecular flexibility index (Phi) is 3.78. The molecule has 0 unspecified atom stereocenters. The number of aryl methyl sites for hydroxylation is 2. The largest absolute Gasteiger partial charge is 0.338 e. The minimum absolute atomic E-state index is 0.225. The molecule has 3 heteroatoms. The van der Waals surface area contributed by atoms with E-state index in [1.54, 1.807) is 0 Å². The van der Waals surface area contributed by atoms with Crippen LogP contribution in [0.5, 0.6) is 0 Å². The van der Waals surface area contributed by atoms with E-state index in [9.17, 15) is 4.79 Å². The summed E-state index contributed by atoms with van der Waals surface area (Å²) in [6, 6.07) is 6.14. The third-order valence-corrected chi connectivity index (χ3v) is 5.39. The summed E-state index contributed by atoms with van der Waals surface area (Å²) >= 11 is 0. The van der Waals surface area contributed by atoms with E-state index >= 15 is 0 Å².